The Morgan fingerprint density at radius 1 is 1.00 bits per heavy atom. The van der Waals surface area contributed by atoms with E-state index in [1.807, 2.05) is 36.4 Å². The van der Waals surface area contributed by atoms with E-state index in [2.05, 4.69) is 10.3 Å². The molecule has 7 heteroatoms. The molecule has 0 fully saturated rings. The van der Waals surface area contributed by atoms with Crippen molar-refractivity contribution < 1.29 is 19.1 Å². The molecule has 0 spiro atoms. The van der Waals surface area contributed by atoms with Crippen molar-refractivity contribution in [2.45, 2.75) is 0 Å². The predicted molar refractivity (Wildman–Crippen MR) is 98.3 cm³/mol. The van der Waals surface area contributed by atoms with Crippen LogP contribution in [0.5, 0.6) is 5.75 Å². The first-order valence-electron chi connectivity index (χ1n) is 7.79. The number of hydrogen-bond donors (Lipinski definition) is 1. The number of anilines is 1. The number of amides is 1. The number of nitrogens with one attached hydrogen (secondary N) is 1. The number of nitrogens with zero attached hydrogens (tertiary/aromatic N) is 1. The van der Waals surface area contributed by atoms with Crippen LogP contribution in [0, 0.1) is 0 Å². The molecule has 1 heterocycles. The SMILES string of the molecule is O=C(COC(=O)COc1cccc2ccccc12)Nc1ccc(Cl)cn1. The van der Waals surface area contributed by atoms with Crippen molar-refractivity contribution in [1.82, 2.24) is 4.98 Å². The number of carbonyl (C=O) groups excluding carboxylic acids is 2. The molecule has 3 aromatic rings. The average molecular weight is 371 g/mol. The maximum atomic E-state index is 11.8. The number of esters is 1. The van der Waals surface area contributed by atoms with Crippen molar-refractivity contribution >= 4 is 40.1 Å². The molecule has 1 aromatic heterocycles. The Hall–Kier alpha value is -3.12. The van der Waals surface area contributed by atoms with Crippen molar-refractivity contribution in [2.75, 3.05) is 18.5 Å². The van der Waals surface area contributed by atoms with Crippen LogP contribution in [0.15, 0.2) is 60.8 Å². The third kappa shape index (κ3) is 4.70. The highest BCUT2D eigenvalue weighted by Crippen LogP contribution is 2.24. The number of halogens is 1. The molecular weight excluding hydrogens is 356 g/mol. The Balaban J connectivity index is 1.48. The van der Waals surface area contributed by atoms with E-state index in [1.54, 1.807) is 18.2 Å². The molecule has 0 saturated carbocycles. The molecule has 0 aliphatic rings. The van der Waals surface area contributed by atoms with Crippen molar-refractivity contribution in [3.63, 3.8) is 0 Å². The lowest BCUT2D eigenvalue weighted by Gasteiger charge is -2.09. The molecule has 3 rings (SSSR count). The lowest BCUT2D eigenvalue weighted by Crippen LogP contribution is -2.24. The second-order valence-corrected chi connectivity index (χ2v) is 5.77. The van der Waals surface area contributed by atoms with Gasteiger partial charge in [0, 0.05) is 11.6 Å². The smallest absolute Gasteiger partial charge is 0.344 e. The van der Waals surface area contributed by atoms with Gasteiger partial charge in [-0.1, -0.05) is 48.0 Å². The van der Waals surface area contributed by atoms with Gasteiger partial charge in [0.25, 0.3) is 5.91 Å². The van der Waals surface area contributed by atoms with Crippen LogP contribution in [0.25, 0.3) is 10.8 Å². The summed E-state index contributed by atoms with van der Waals surface area (Å²) in [5, 5.41) is 4.86. The van der Waals surface area contributed by atoms with Crippen molar-refractivity contribution in [3.8, 4) is 5.75 Å². The Morgan fingerprint density at radius 2 is 1.81 bits per heavy atom. The molecule has 0 atom stereocenters. The van der Waals surface area contributed by atoms with Crippen LogP contribution in [0.3, 0.4) is 0 Å². The largest absolute Gasteiger partial charge is 0.481 e. The molecule has 0 unspecified atom stereocenters. The van der Waals surface area contributed by atoms with Crippen LogP contribution in [-0.2, 0) is 14.3 Å². The van der Waals surface area contributed by atoms with Crippen molar-refractivity contribution in [1.29, 1.82) is 0 Å². The monoisotopic (exact) mass is 370 g/mol. The highest BCUT2D eigenvalue weighted by Gasteiger charge is 2.10. The first kappa shape index (κ1) is 17.7. The minimum Gasteiger partial charge on any atom is -0.481 e. The number of benzene rings is 2. The predicted octanol–water partition coefficient (Wildman–Crippen LogP) is 3.45. The van der Waals surface area contributed by atoms with Crippen molar-refractivity contribution in [3.05, 3.63) is 65.8 Å². The van der Waals surface area contributed by atoms with Gasteiger partial charge in [-0.25, -0.2) is 9.78 Å². The summed E-state index contributed by atoms with van der Waals surface area (Å²) in [6.45, 7) is -0.720. The fourth-order valence-corrected chi connectivity index (χ4v) is 2.39. The molecular formula is C19H15ClN2O4. The zero-order valence-corrected chi connectivity index (χ0v) is 14.4. The molecule has 1 amide bonds. The molecule has 0 radical (unpaired) electrons. The van der Waals surface area contributed by atoms with Gasteiger partial charge in [-0.05, 0) is 23.6 Å². The van der Waals surface area contributed by atoms with Crippen LogP contribution >= 0.6 is 11.6 Å². The van der Waals surface area contributed by atoms with Gasteiger partial charge < -0.3 is 14.8 Å². The fourth-order valence-electron chi connectivity index (χ4n) is 2.27. The summed E-state index contributed by atoms with van der Waals surface area (Å²) >= 11 is 5.71. The quantitative estimate of drug-likeness (QED) is 0.672. The van der Waals surface area contributed by atoms with Gasteiger partial charge in [0.15, 0.2) is 13.2 Å². The van der Waals surface area contributed by atoms with Crippen LogP contribution in [0.2, 0.25) is 5.02 Å². The maximum absolute atomic E-state index is 11.8. The van der Waals surface area contributed by atoms with Gasteiger partial charge in [0.2, 0.25) is 0 Å². The van der Waals surface area contributed by atoms with Crippen LogP contribution in [0.1, 0.15) is 0 Å². The van der Waals surface area contributed by atoms with Crippen LogP contribution in [-0.4, -0.2) is 30.1 Å². The highest BCUT2D eigenvalue weighted by atomic mass is 35.5. The molecule has 6 nitrogen and oxygen atoms in total. The Labute approximate surface area is 154 Å². The molecule has 2 aromatic carbocycles. The Kier molecular flexibility index (Phi) is 5.66. The van der Waals surface area contributed by atoms with Gasteiger partial charge in [0.1, 0.15) is 11.6 Å². The molecule has 1 N–H and O–H groups in total. The summed E-state index contributed by atoms with van der Waals surface area (Å²) < 4.78 is 10.4. The van der Waals surface area contributed by atoms with Crippen molar-refractivity contribution in [2.24, 2.45) is 0 Å². The minimum absolute atomic E-state index is 0.291. The van der Waals surface area contributed by atoms with E-state index in [4.69, 9.17) is 21.1 Å². The van der Waals surface area contributed by atoms with Gasteiger partial charge in [-0.15, -0.1) is 0 Å². The fraction of sp³-hybridized carbons (Fsp3) is 0.105. The number of carbonyl (C=O) groups is 2. The summed E-state index contributed by atoms with van der Waals surface area (Å²) in [7, 11) is 0. The number of aromatic nitrogens is 1. The van der Waals surface area contributed by atoms with E-state index in [1.165, 1.54) is 6.20 Å². The number of pyridine rings is 1. The lowest BCUT2D eigenvalue weighted by atomic mass is 10.1. The second kappa shape index (κ2) is 8.31. The average Bonchev–Trinajstić information content (AvgIpc) is 2.66. The van der Waals surface area contributed by atoms with E-state index >= 15 is 0 Å². The summed E-state index contributed by atoms with van der Waals surface area (Å²) in [5.74, 6) is -0.243. The van der Waals surface area contributed by atoms with E-state index in [0.29, 0.717) is 16.6 Å². The van der Waals surface area contributed by atoms with Gasteiger partial charge in [-0.2, -0.15) is 0 Å². The Bertz CT molecular complexity index is 923. The zero-order valence-electron chi connectivity index (χ0n) is 13.6. The van der Waals surface area contributed by atoms with E-state index < -0.39 is 18.5 Å². The number of hydrogen-bond acceptors (Lipinski definition) is 5. The molecule has 0 bridgehead atoms. The standard InChI is InChI=1S/C19H15ClN2O4/c20-14-8-9-17(21-10-14)22-18(23)11-26-19(24)12-25-16-7-3-5-13-4-1-2-6-15(13)16/h1-10H,11-12H2,(H,21,22,23). The van der Waals surface area contributed by atoms with E-state index in [9.17, 15) is 9.59 Å². The van der Waals surface area contributed by atoms with Gasteiger partial charge >= 0.3 is 5.97 Å². The normalized spacial score (nSPS) is 10.3. The third-order valence-corrected chi connectivity index (χ3v) is 3.68. The number of ether oxygens (including phenoxy) is 2. The van der Waals surface area contributed by atoms with E-state index in [0.717, 1.165) is 10.8 Å². The lowest BCUT2D eigenvalue weighted by molar-refractivity contribution is -0.149. The number of fused-ring (bicyclic) bond motifs is 1. The summed E-state index contributed by atoms with van der Waals surface area (Å²) in [6.07, 6.45) is 1.40. The second-order valence-electron chi connectivity index (χ2n) is 5.34. The van der Waals surface area contributed by atoms with Crippen LogP contribution in [0.4, 0.5) is 5.82 Å². The number of rotatable bonds is 6. The molecule has 0 aliphatic carbocycles. The molecule has 0 saturated heterocycles. The topological polar surface area (TPSA) is 77.5 Å². The summed E-state index contributed by atoms with van der Waals surface area (Å²) in [5.41, 5.74) is 0. The van der Waals surface area contributed by atoms with Crippen LogP contribution < -0.4 is 10.1 Å². The first-order valence-corrected chi connectivity index (χ1v) is 8.17. The first-order chi connectivity index (χ1) is 12.6. The van der Waals surface area contributed by atoms with Gasteiger partial charge in [-0.3, -0.25) is 4.79 Å². The third-order valence-electron chi connectivity index (χ3n) is 3.45. The maximum Gasteiger partial charge on any atom is 0.344 e. The van der Waals surface area contributed by atoms with Gasteiger partial charge in [0.05, 0.1) is 5.02 Å². The zero-order chi connectivity index (χ0) is 18.4. The van der Waals surface area contributed by atoms with E-state index in [-0.39, 0.29) is 6.61 Å². The minimum atomic E-state index is -0.642. The molecule has 0 aliphatic heterocycles. The summed E-state index contributed by atoms with van der Waals surface area (Å²) in [6, 6.07) is 16.4. The molecule has 26 heavy (non-hydrogen) atoms. The summed E-state index contributed by atoms with van der Waals surface area (Å²) in [4.78, 5) is 27.5. The molecule has 132 valence electrons. The Morgan fingerprint density at radius 3 is 2.62 bits per heavy atom. The highest BCUT2D eigenvalue weighted by molar-refractivity contribution is 6.30.